The fourth-order valence-electron chi connectivity index (χ4n) is 3.60. The van der Waals surface area contributed by atoms with Gasteiger partial charge >= 0.3 is 5.97 Å². The smallest absolute Gasteiger partial charge is 0.310 e. The summed E-state index contributed by atoms with van der Waals surface area (Å²) in [6.45, 7) is 4.54. The first kappa shape index (κ1) is 11.7. The molecule has 0 aliphatic heterocycles. The molecule has 2 atom stereocenters. The molecule has 90 valence electrons. The summed E-state index contributed by atoms with van der Waals surface area (Å²) in [4.78, 5) is 12.1. The zero-order valence-corrected chi connectivity index (χ0v) is 10.4. The van der Waals surface area contributed by atoms with E-state index in [1.165, 1.54) is 25.7 Å². The van der Waals surface area contributed by atoms with Crippen molar-refractivity contribution >= 4 is 5.97 Å². The van der Waals surface area contributed by atoms with E-state index in [0.29, 0.717) is 12.5 Å². The molecule has 2 aliphatic carbocycles. The lowest BCUT2D eigenvalue weighted by Gasteiger charge is -2.40. The summed E-state index contributed by atoms with van der Waals surface area (Å²) in [5.41, 5.74) is 0.223. The summed E-state index contributed by atoms with van der Waals surface area (Å²) >= 11 is 0. The second kappa shape index (κ2) is 4.60. The highest BCUT2D eigenvalue weighted by atomic mass is 16.5. The van der Waals surface area contributed by atoms with E-state index < -0.39 is 0 Å². The zero-order chi connectivity index (χ0) is 11.6. The Morgan fingerprint density at radius 2 is 2.12 bits per heavy atom. The SMILES string of the molecule is CCOC(=O)C1C(C)C=CCC12CCCC2. The average molecular weight is 222 g/mol. The van der Waals surface area contributed by atoms with Gasteiger partial charge < -0.3 is 4.74 Å². The lowest BCUT2D eigenvalue weighted by atomic mass is 9.64. The molecule has 0 aromatic rings. The van der Waals surface area contributed by atoms with Gasteiger partial charge in [-0.1, -0.05) is 31.9 Å². The number of allylic oxidation sites excluding steroid dienone is 2. The van der Waals surface area contributed by atoms with E-state index in [1.54, 1.807) is 0 Å². The van der Waals surface area contributed by atoms with Crippen molar-refractivity contribution in [3.8, 4) is 0 Å². The van der Waals surface area contributed by atoms with Crippen molar-refractivity contribution in [2.24, 2.45) is 17.3 Å². The molecule has 2 heteroatoms. The lowest BCUT2D eigenvalue weighted by molar-refractivity contribution is -0.155. The summed E-state index contributed by atoms with van der Waals surface area (Å²) in [5, 5.41) is 0. The first-order valence-corrected chi connectivity index (χ1v) is 6.53. The topological polar surface area (TPSA) is 26.3 Å². The quantitative estimate of drug-likeness (QED) is 0.529. The van der Waals surface area contributed by atoms with Gasteiger partial charge in [-0.3, -0.25) is 4.79 Å². The standard InChI is InChI=1S/C14H22O2/c1-3-16-13(15)12-11(2)7-6-10-14(12)8-4-5-9-14/h6-7,11-12H,3-5,8-10H2,1-2H3. The molecule has 1 saturated carbocycles. The van der Waals surface area contributed by atoms with Gasteiger partial charge in [0, 0.05) is 0 Å². The molecule has 2 rings (SSSR count). The number of carbonyl (C=O) groups is 1. The molecule has 0 bridgehead atoms. The van der Waals surface area contributed by atoms with Gasteiger partial charge in [0.1, 0.15) is 0 Å². The fraction of sp³-hybridized carbons (Fsp3) is 0.786. The molecular formula is C14H22O2. The molecule has 2 nitrogen and oxygen atoms in total. The first-order chi connectivity index (χ1) is 7.69. The minimum Gasteiger partial charge on any atom is -0.466 e. The maximum Gasteiger partial charge on any atom is 0.310 e. The van der Waals surface area contributed by atoms with Crippen molar-refractivity contribution < 1.29 is 9.53 Å². The summed E-state index contributed by atoms with van der Waals surface area (Å²) in [7, 11) is 0. The summed E-state index contributed by atoms with van der Waals surface area (Å²) in [5.74, 6) is 0.465. The van der Waals surface area contributed by atoms with Crippen LogP contribution in [0.2, 0.25) is 0 Å². The van der Waals surface area contributed by atoms with Gasteiger partial charge in [0.05, 0.1) is 12.5 Å². The Morgan fingerprint density at radius 3 is 2.75 bits per heavy atom. The van der Waals surface area contributed by atoms with E-state index in [-0.39, 0.29) is 17.3 Å². The van der Waals surface area contributed by atoms with Gasteiger partial charge in [0.25, 0.3) is 0 Å². The highest BCUT2D eigenvalue weighted by Crippen LogP contribution is 2.52. The van der Waals surface area contributed by atoms with Crippen LogP contribution in [-0.4, -0.2) is 12.6 Å². The molecular weight excluding hydrogens is 200 g/mol. The molecule has 0 heterocycles. The number of hydrogen-bond donors (Lipinski definition) is 0. The molecule has 0 radical (unpaired) electrons. The third-order valence-electron chi connectivity index (χ3n) is 4.29. The summed E-state index contributed by atoms with van der Waals surface area (Å²) < 4.78 is 5.27. The Morgan fingerprint density at radius 1 is 1.44 bits per heavy atom. The lowest BCUT2D eigenvalue weighted by Crippen LogP contribution is -2.40. The average Bonchev–Trinajstić information content (AvgIpc) is 2.67. The van der Waals surface area contributed by atoms with Crippen LogP contribution < -0.4 is 0 Å². The van der Waals surface area contributed by atoms with Crippen LogP contribution in [0.25, 0.3) is 0 Å². The van der Waals surface area contributed by atoms with Crippen molar-refractivity contribution in [1.29, 1.82) is 0 Å². The molecule has 2 aliphatic rings. The van der Waals surface area contributed by atoms with Gasteiger partial charge in [-0.15, -0.1) is 0 Å². The van der Waals surface area contributed by atoms with Gasteiger partial charge in [0.15, 0.2) is 0 Å². The Labute approximate surface area is 98.1 Å². The predicted molar refractivity (Wildman–Crippen MR) is 63.9 cm³/mol. The van der Waals surface area contributed by atoms with Crippen molar-refractivity contribution in [2.45, 2.75) is 46.0 Å². The van der Waals surface area contributed by atoms with Crippen LogP contribution >= 0.6 is 0 Å². The van der Waals surface area contributed by atoms with Crippen molar-refractivity contribution in [1.82, 2.24) is 0 Å². The van der Waals surface area contributed by atoms with E-state index in [4.69, 9.17) is 4.74 Å². The molecule has 16 heavy (non-hydrogen) atoms. The van der Waals surface area contributed by atoms with E-state index >= 15 is 0 Å². The number of carbonyl (C=O) groups excluding carboxylic acids is 1. The highest BCUT2D eigenvalue weighted by molar-refractivity contribution is 5.74. The number of hydrogen-bond acceptors (Lipinski definition) is 2. The number of ether oxygens (including phenoxy) is 1. The Hall–Kier alpha value is -0.790. The second-order valence-corrected chi connectivity index (χ2v) is 5.29. The minimum absolute atomic E-state index is 0.0289. The largest absolute Gasteiger partial charge is 0.466 e. The van der Waals surface area contributed by atoms with Crippen LogP contribution in [0, 0.1) is 17.3 Å². The van der Waals surface area contributed by atoms with Crippen LogP contribution in [0.15, 0.2) is 12.2 Å². The maximum absolute atomic E-state index is 12.1. The third-order valence-corrected chi connectivity index (χ3v) is 4.29. The van der Waals surface area contributed by atoms with Gasteiger partial charge in [-0.2, -0.15) is 0 Å². The van der Waals surface area contributed by atoms with Crippen LogP contribution in [0.3, 0.4) is 0 Å². The number of esters is 1. The molecule has 0 aromatic heterocycles. The van der Waals surface area contributed by atoms with E-state index in [1.807, 2.05) is 6.92 Å². The van der Waals surface area contributed by atoms with Crippen LogP contribution in [0.5, 0.6) is 0 Å². The van der Waals surface area contributed by atoms with Gasteiger partial charge in [-0.05, 0) is 37.5 Å². The van der Waals surface area contributed by atoms with Crippen LogP contribution in [0.1, 0.15) is 46.0 Å². The molecule has 1 spiro atoms. The Bertz CT molecular complexity index is 287. The zero-order valence-electron chi connectivity index (χ0n) is 10.4. The molecule has 0 saturated heterocycles. The first-order valence-electron chi connectivity index (χ1n) is 6.53. The van der Waals surface area contributed by atoms with E-state index in [2.05, 4.69) is 19.1 Å². The summed E-state index contributed by atoms with van der Waals surface area (Å²) in [6, 6.07) is 0. The van der Waals surface area contributed by atoms with Gasteiger partial charge in [0.2, 0.25) is 0 Å². The van der Waals surface area contributed by atoms with Crippen molar-refractivity contribution in [2.75, 3.05) is 6.61 Å². The molecule has 0 amide bonds. The second-order valence-electron chi connectivity index (χ2n) is 5.29. The van der Waals surface area contributed by atoms with Crippen molar-refractivity contribution in [3.63, 3.8) is 0 Å². The third kappa shape index (κ3) is 1.90. The maximum atomic E-state index is 12.1. The monoisotopic (exact) mass is 222 g/mol. The van der Waals surface area contributed by atoms with Gasteiger partial charge in [-0.25, -0.2) is 0 Å². The van der Waals surface area contributed by atoms with Crippen LogP contribution in [-0.2, 0) is 9.53 Å². The number of rotatable bonds is 2. The van der Waals surface area contributed by atoms with Crippen molar-refractivity contribution in [3.05, 3.63) is 12.2 Å². The van der Waals surface area contributed by atoms with E-state index in [9.17, 15) is 4.79 Å². The van der Waals surface area contributed by atoms with Crippen LogP contribution in [0.4, 0.5) is 0 Å². The predicted octanol–water partition coefficient (Wildman–Crippen LogP) is 3.32. The minimum atomic E-state index is 0.0289. The fourth-order valence-corrected chi connectivity index (χ4v) is 3.60. The Balaban J connectivity index is 2.22. The molecule has 1 fully saturated rings. The Kier molecular flexibility index (Phi) is 3.36. The normalized spacial score (nSPS) is 31.9. The molecule has 0 aromatic carbocycles. The molecule has 0 N–H and O–H groups in total. The van der Waals surface area contributed by atoms with E-state index in [0.717, 1.165) is 6.42 Å². The summed E-state index contributed by atoms with van der Waals surface area (Å²) in [6.07, 6.45) is 10.5. The molecule has 2 unspecified atom stereocenters. The highest BCUT2D eigenvalue weighted by Gasteiger charge is 2.48.